The number of aliphatic carboxylic acids is 1. The number of carboxylic acid groups (broad SMARTS) is 1. The summed E-state index contributed by atoms with van der Waals surface area (Å²) in [6.07, 6.45) is 1.59. The number of carboxylic acids is 1. The summed E-state index contributed by atoms with van der Waals surface area (Å²) in [5.41, 5.74) is 1.23. The Morgan fingerprint density at radius 1 is 1.32 bits per heavy atom. The van der Waals surface area contributed by atoms with Crippen LogP contribution in [0.1, 0.15) is 45.2 Å². The zero-order valence-electron chi connectivity index (χ0n) is 11.8. The van der Waals surface area contributed by atoms with Crippen molar-refractivity contribution in [3.63, 3.8) is 0 Å². The van der Waals surface area contributed by atoms with Crippen LogP contribution in [-0.2, 0) is 4.79 Å². The standard InChI is InChI=1S/C15H23NO2S/c1-4-6-14(15(17)18)19-13-9-7-12(8-10-13)11(3)16-5-2/h7-11,14,16H,4-6H2,1-3H3,(H,17,18). The van der Waals surface area contributed by atoms with E-state index in [0.29, 0.717) is 12.5 Å². The maximum absolute atomic E-state index is 11.1. The third-order valence-corrected chi connectivity index (χ3v) is 4.26. The third-order valence-electron chi connectivity index (χ3n) is 3.00. The molecular formula is C15H23NO2S. The number of benzene rings is 1. The van der Waals surface area contributed by atoms with E-state index in [4.69, 9.17) is 5.11 Å². The molecular weight excluding hydrogens is 258 g/mol. The van der Waals surface area contributed by atoms with E-state index in [1.807, 2.05) is 19.1 Å². The van der Waals surface area contributed by atoms with E-state index in [1.165, 1.54) is 17.3 Å². The second-order valence-electron chi connectivity index (χ2n) is 4.58. The highest BCUT2D eigenvalue weighted by molar-refractivity contribution is 8.00. The summed E-state index contributed by atoms with van der Waals surface area (Å²) < 4.78 is 0. The molecule has 4 heteroatoms. The minimum absolute atomic E-state index is 0.329. The molecule has 0 saturated heterocycles. The summed E-state index contributed by atoms with van der Waals surface area (Å²) in [5, 5.41) is 12.2. The van der Waals surface area contributed by atoms with Crippen LogP contribution in [0.2, 0.25) is 0 Å². The molecule has 1 aromatic carbocycles. The van der Waals surface area contributed by atoms with E-state index in [0.717, 1.165) is 17.9 Å². The van der Waals surface area contributed by atoms with Crippen LogP contribution in [0.5, 0.6) is 0 Å². The van der Waals surface area contributed by atoms with Crippen molar-refractivity contribution in [2.24, 2.45) is 0 Å². The average Bonchev–Trinajstić information content (AvgIpc) is 2.39. The SMILES string of the molecule is CCCC(Sc1ccc(C(C)NCC)cc1)C(=O)O. The minimum Gasteiger partial charge on any atom is -0.480 e. The number of hydrogen-bond acceptors (Lipinski definition) is 3. The molecule has 19 heavy (non-hydrogen) atoms. The summed E-state index contributed by atoms with van der Waals surface area (Å²) >= 11 is 1.44. The van der Waals surface area contributed by atoms with Crippen LogP contribution in [0, 0.1) is 0 Å². The monoisotopic (exact) mass is 281 g/mol. The zero-order valence-corrected chi connectivity index (χ0v) is 12.7. The van der Waals surface area contributed by atoms with Crippen molar-refractivity contribution in [2.45, 2.75) is 49.8 Å². The molecule has 0 aliphatic rings. The molecule has 0 aliphatic heterocycles. The molecule has 1 rings (SSSR count). The van der Waals surface area contributed by atoms with E-state index in [2.05, 4.69) is 31.3 Å². The quantitative estimate of drug-likeness (QED) is 0.713. The lowest BCUT2D eigenvalue weighted by atomic mass is 10.1. The van der Waals surface area contributed by atoms with Crippen LogP contribution in [-0.4, -0.2) is 22.9 Å². The number of rotatable bonds is 8. The molecule has 0 bridgehead atoms. The normalized spacial score (nSPS) is 14.1. The third kappa shape index (κ3) is 5.25. The highest BCUT2D eigenvalue weighted by Gasteiger charge is 2.17. The molecule has 2 atom stereocenters. The molecule has 0 spiro atoms. The fraction of sp³-hybridized carbons (Fsp3) is 0.533. The first kappa shape index (κ1) is 16.1. The van der Waals surface area contributed by atoms with Crippen molar-refractivity contribution in [1.82, 2.24) is 5.32 Å². The lowest BCUT2D eigenvalue weighted by Crippen LogP contribution is -2.17. The highest BCUT2D eigenvalue weighted by Crippen LogP contribution is 2.27. The van der Waals surface area contributed by atoms with E-state index >= 15 is 0 Å². The fourth-order valence-corrected chi connectivity index (χ4v) is 2.99. The predicted octanol–water partition coefficient (Wildman–Crippen LogP) is 3.70. The minimum atomic E-state index is -0.725. The van der Waals surface area contributed by atoms with E-state index in [9.17, 15) is 4.79 Å². The molecule has 0 amide bonds. The lowest BCUT2D eigenvalue weighted by Gasteiger charge is -2.14. The van der Waals surface area contributed by atoms with Crippen LogP contribution in [0.4, 0.5) is 0 Å². The number of hydrogen-bond donors (Lipinski definition) is 2. The molecule has 0 fully saturated rings. The predicted molar refractivity (Wildman–Crippen MR) is 80.7 cm³/mol. The summed E-state index contributed by atoms with van der Waals surface area (Å²) in [5.74, 6) is -0.725. The van der Waals surface area contributed by atoms with E-state index in [-0.39, 0.29) is 5.25 Å². The molecule has 0 aliphatic carbocycles. The summed E-state index contributed by atoms with van der Waals surface area (Å²) in [7, 11) is 0. The van der Waals surface area contributed by atoms with Crippen LogP contribution in [0.15, 0.2) is 29.2 Å². The van der Waals surface area contributed by atoms with Gasteiger partial charge in [0.1, 0.15) is 5.25 Å². The van der Waals surface area contributed by atoms with Gasteiger partial charge in [-0.3, -0.25) is 4.79 Å². The highest BCUT2D eigenvalue weighted by atomic mass is 32.2. The number of thioether (sulfide) groups is 1. The Morgan fingerprint density at radius 3 is 2.42 bits per heavy atom. The van der Waals surface area contributed by atoms with Crippen LogP contribution >= 0.6 is 11.8 Å². The topological polar surface area (TPSA) is 49.3 Å². The van der Waals surface area contributed by atoms with Gasteiger partial charge in [0.25, 0.3) is 0 Å². The van der Waals surface area contributed by atoms with Crippen LogP contribution in [0.3, 0.4) is 0 Å². The summed E-state index contributed by atoms with van der Waals surface area (Å²) in [6, 6.07) is 8.50. The second-order valence-corrected chi connectivity index (χ2v) is 5.86. The zero-order chi connectivity index (χ0) is 14.3. The number of nitrogens with one attached hydrogen (secondary N) is 1. The van der Waals surface area contributed by atoms with Crippen molar-refractivity contribution in [3.05, 3.63) is 29.8 Å². The molecule has 2 unspecified atom stereocenters. The number of carbonyl (C=O) groups is 1. The first-order valence-electron chi connectivity index (χ1n) is 6.81. The lowest BCUT2D eigenvalue weighted by molar-refractivity contribution is -0.136. The maximum Gasteiger partial charge on any atom is 0.316 e. The first-order chi connectivity index (χ1) is 9.08. The first-order valence-corrected chi connectivity index (χ1v) is 7.69. The average molecular weight is 281 g/mol. The van der Waals surface area contributed by atoms with Crippen molar-refractivity contribution in [1.29, 1.82) is 0 Å². The second kappa shape index (κ2) is 8.23. The van der Waals surface area contributed by atoms with E-state index in [1.54, 1.807) is 0 Å². The molecule has 1 aromatic rings. The maximum atomic E-state index is 11.1. The molecule has 2 N–H and O–H groups in total. The Labute approximate surface area is 119 Å². The van der Waals surface area contributed by atoms with Gasteiger partial charge >= 0.3 is 5.97 Å². The van der Waals surface area contributed by atoms with Gasteiger partial charge in [0.2, 0.25) is 0 Å². The summed E-state index contributed by atoms with van der Waals surface area (Å²) in [6.45, 7) is 7.17. The molecule has 0 saturated carbocycles. The molecule has 0 radical (unpaired) electrons. The Bertz CT molecular complexity index is 392. The van der Waals surface area contributed by atoms with Gasteiger partial charge < -0.3 is 10.4 Å². The van der Waals surface area contributed by atoms with Gasteiger partial charge in [0.05, 0.1) is 0 Å². The van der Waals surface area contributed by atoms with Gasteiger partial charge in [-0.15, -0.1) is 11.8 Å². The smallest absolute Gasteiger partial charge is 0.316 e. The van der Waals surface area contributed by atoms with Crippen molar-refractivity contribution < 1.29 is 9.90 Å². The van der Waals surface area contributed by atoms with E-state index < -0.39 is 5.97 Å². The van der Waals surface area contributed by atoms with Crippen molar-refractivity contribution >= 4 is 17.7 Å². The Kier molecular flexibility index (Phi) is 6.95. The fourth-order valence-electron chi connectivity index (χ4n) is 1.92. The molecule has 106 valence electrons. The van der Waals surface area contributed by atoms with Crippen LogP contribution in [0.25, 0.3) is 0 Å². The van der Waals surface area contributed by atoms with Gasteiger partial charge in [-0.1, -0.05) is 32.4 Å². The van der Waals surface area contributed by atoms with Gasteiger partial charge in [-0.25, -0.2) is 0 Å². The Morgan fingerprint density at radius 2 is 1.95 bits per heavy atom. The van der Waals surface area contributed by atoms with Gasteiger partial charge in [0.15, 0.2) is 0 Å². The molecule has 3 nitrogen and oxygen atoms in total. The Balaban J connectivity index is 2.67. The largest absolute Gasteiger partial charge is 0.480 e. The van der Waals surface area contributed by atoms with Gasteiger partial charge in [-0.2, -0.15) is 0 Å². The van der Waals surface area contributed by atoms with Gasteiger partial charge in [0, 0.05) is 10.9 Å². The van der Waals surface area contributed by atoms with Crippen molar-refractivity contribution in [3.8, 4) is 0 Å². The van der Waals surface area contributed by atoms with Gasteiger partial charge in [-0.05, 0) is 37.6 Å². The van der Waals surface area contributed by atoms with Crippen LogP contribution < -0.4 is 5.32 Å². The molecule has 0 aromatic heterocycles. The summed E-state index contributed by atoms with van der Waals surface area (Å²) in [4.78, 5) is 12.1. The Hall–Kier alpha value is -1.00. The van der Waals surface area contributed by atoms with Crippen molar-refractivity contribution in [2.75, 3.05) is 6.54 Å². The molecule has 0 heterocycles.